The first-order valence-corrected chi connectivity index (χ1v) is 17.0. The number of anilines is 2. The van der Waals surface area contributed by atoms with Crippen LogP contribution < -0.4 is 4.90 Å². The van der Waals surface area contributed by atoms with Gasteiger partial charge in [-0.05, 0) is 110 Å². The van der Waals surface area contributed by atoms with Crippen molar-refractivity contribution in [2.45, 2.75) is 18.3 Å². The Bertz CT molecular complexity index is 2390. The molecule has 3 aliphatic carbocycles. The van der Waals surface area contributed by atoms with Crippen molar-refractivity contribution in [2.24, 2.45) is 0 Å². The maximum Gasteiger partial charge on any atom is 0.0726 e. The summed E-state index contributed by atoms with van der Waals surface area (Å²) in [5, 5.41) is 2.61. The normalized spacial score (nSPS) is 14.9. The van der Waals surface area contributed by atoms with Gasteiger partial charge in [0.1, 0.15) is 0 Å². The molecule has 0 atom stereocenters. The Morgan fingerprint density at radius 2 is 0.958 bits per heavy atom. The van der Waals surface area contributed by atoms with E-state index in [2.05, 4.69) is 181 Å². The Balaban J connectivity index is 1.17. The lowest BCUT2D eigenvalue weighted by Gasteiger charge is -2.33. The molecule has 1 heteroatoms. The van der Waals surface area contributed by atoms with Crippen LogP contribution in [0.2, 0.25) is 0 Å². The van der Waals surface area contributed by atoms with E-state index in [1.54, 1.807) is 0 Å². The first-order chi connectivity index (χ1) is 23.8. The SMILES string of the molecule is C1=C(c2cccc3ccccc23)CCC(N(c2ccccc2)c2ccc3c(c2)C2(c4ccccc4-c4ccccc42)c2ccccc2-3)=C1. The van der Waals surface area contributed by atoms with Crippen LogP contribution in [0.1, 0.15) is 40.7 Å². The third-order valence-corrected chi connectivity index (χ3v) is 10.8. The van der Waals surface area contributed by atoms with Gasteiger partial charge in [0.15, 0.2) is 0 Å². The van der Waals surface area contributed by atoms with Crippen LogP contribution in [0.3, 0.4) is 0 Å². The first-order valence-electron chi connectivity index (χ1n) is 17.0. The van der Waals surface area contributed by atoms with Gasteiger partial charge in [-0.1, -0.05) is 146 Å². The number of hydrogen-bond acceptors (Lipinski definition) is 1. The van der Waals surface area contributed by atoms with Gasteiger partial charge in [0.2, 0.25) is 0 Å². The van der Waals surface area contributed by atoms with Crippen molar-refractivity contribution in [3.63, 3.8) is 0 Å². The number of hydrogen-bond donors (Lipinski definition) is 0. The third kappa shape index (κ3) is 3.79. The molecular weight excluding hydrogens is 579 g/mol. The lowest BCUT2D eigenvalue weighted by molar-refractivity contribution is 0.793. The molecule has 0 fully saturated rings. The molecule has 0 radical (unpaired) electrons. The average Bonchev–Trinajstić information content (AvgIpc) is 3.63. The van der Waals surface area contributed by atoms with Crippen molar-refractivity contribution in [3.8, 4) is 22.3 Å². The topological polar surface area (TPSA) is 3.24 Å². The van der Waals surface area contributed by atoms with Crippen LogP contribution in [0.25, 0.3) is 38.6 Å². The molecule has 1 nitrogen and oxygen atoms in total. The van der Waals surface area contributed by atoms with Gasteiger partial charge in [0, 0.05) is 17.1 Å². The zero-order valence-electron chi connectivity index (χ0n) is 26.6. The van der Waals surface area contributed by atoms with Crippen LogP contribution in [0.15, 0.2) is 182 Å². The molecule has 7 aromatic rings. The van der Waals surface area contributed by atoms with E-state index in [1.807, 2.05) is 0 Å². The van der Waals surface area contributed by atoms with Crippen LogP contribution in [-0.2, 0) is 5.41 Å². The van der Waals surface area contributed by atoms with Crippen molar-refractivity contribution in [2.75, 3.05) is 4.90 Å². The number of fused-ring (bicyclic) bond motifs is 11. The lowest BCUT2D eigenvalue weighted by atomic mass is 9.70. The Morgan fingerprint density at radius 1 is 0.396 bits per heavy atom. The summed E-state index contributed by atoms with van der Waals surface area (Å²) < 4.78 is 0. The lowest BCUT2D eigenvalue weighted by Crippen LogP contribution is -2.26. The van der Waals surface area contributed by atoms with Gasteiger partial charge in [-0.15, -0.1) is 0 Å². The zero-order valence-corrected chi connectivity index (χ0v) is 26.6. The highest BCUT2D eigenvalue weighted by molar-refractivity contribution is 5.97. The summed E-state index contributed by atoms with van der Waals surface area (Å²) in [6, 6.07) is 60.6. The smallest absolute Gasteiger partial charge is 0.0726 e. The zero-order chi connectivity index (χ0) is 31.7. The molecule has 3 aliphatic rings. The fourth-order valence-corrected chi connectivity index (χ4v) is 8.82. The molecule has 0 amide bonds. The van der Waals surface area contributed by atoms with Gasteiger partial charge in [0.25, 0.3) is 0 Å². The molecule has 0 N–H and O–H groups in total. The Kier molecular flexibility index (Phi) is 5.98. The third-order valence-electron chi connectivity index (χ3n) is 10.8. The van der Waals surface area contributed by atoms with E-state index < -0.39 is 0 Å². The van der Waals surface area contributed by atoms with Crippen LogP contribution in [0.4, 0.5) is 11.4 Å². The van der Waals surface area contributed by atoms with Gasteiger partial charge < -0.3 is 4.90 Å². The summed E-state index contributed by atoms with van der Waals surface area (Å²) in [6.45, 7) is 0. The second kappa shape index (κ2) is 10.6. The first kappa shape index (κ1) is 27.2. The second-order valence-corrected chi connectivity index (χ2v) is 13.2. The minimum Gasteiger partial charge on any atom is -0.314 e. The van der Waals surface area contributed by atoms with Crippen LogP contribution in [0.5, 0.6) is 0 Å². The standard InChI is InChI=1S/C47H33N/c1-2-15-34(16-3-1)48(35-27-25-33(26-28-35)38-21-12-14-32-13-4-5-17-37(32)38)36-29-30-42-41-20-8-11-24-45(41)47(46(42)31-36)43-22-9-6-18-39(43)40-19-7-10-23-44(40)47/h1-25,27,29-31H,26,28H2. The summed E-state index contributed by atoms with van der Waals surface area (Å²) in [6.07, 6.45) is 6.65. The van der Waals surface area contributed by atoms with E-state index in [4.69, 9.17) is 0 Å². The summed E-state index contributed by atoms with van der Waals surface area (Å²) >= 11 is 0. The van der Waals surface area contributed by atoms with E-state index in [0.717, 1.165) is 12.8 Å². The molecule has 0 unspecified atom stereocenters. The summed E-state index contributed by atoms with van der Waals surface area (Å²) in [5.41, 5.74) is 16.9. The highest BCUT2D eigenvalue weighted by Crippen LogP contribution is 2.63. The highest BCUT2D eigenvalue weighted by atomic mass is 15.1. The Hall–Kier alpha value is -5.92. The molecule has 0 aromatic heterocycles. The predicted molar refractivity (Wildman–Crippen MR) is 201 cm³/mol. The molecule has 10 rings (SSSR count). The molecule has 1 spiro atoms. The summed E-state index contributed by atoms with van der Waals surface area (Å²) in [7, 11) is 0. The number of para-hydroxylation sites is 1. The molecule has 7 aromatic carbocycles. The van der Waals surface area contributed by atoms with E-state index >= 15 is 0 Å². The molecule has 226 valence electrons. The molecule has 0 heterocycles. The largest absolute Gasteiger partial charge is 0.314 e. The van der Waals surface area contributed by atoms with Crippen LogP contribution in [0, 0.1) is 0 Å². The van der Waals surface area contributed by atoms with Crippen molar-refractivity contribution >= 4 is 27.7 Å². The second-order valence-electron chi connectivity index (χ2n) is 13.2. The van der Waals surface area contributed by atoms with Gasteiger partial charge in [-0.25, -0.2) is 0 Å². The number of nitrogens with zero attached hydrogens (tertiary/aromatic N) is 1. The Labute approximate surface area is 281 Å². The average molecular weight is 612 g/mol. The molecule has 0 saturated carbocycles. The monoisotopic (exact) mass is 611 g/mol. The fourth-order valence-electron chi connectivity index (χ4n) is 8.82. The maximum atomic E-state index is 2.49. The minimum absolute atomic E-state index is 0.361. The molecule has 0 aliphatic heterocycles. The highest BCUT2D eigenvalue weighted by Gasteiger charge is 2.51. The van der Waals surface area contributed by atoms with Gasteiger partial charge in [-0.3, -0.25) is 0 Å². The van der Waals surface area contributed by atoms with Gasteiger partial charge in [0.05, 0.1) is 5.41 Å². The fraction of sp³-hybridized carbons (Fsp3) is 0.0638. The van der Waals surface area contributed by atoms with Crippen LogP contribution >= 0.6 is 0 Å². The Morgan fingerprint density at radius 3 is 1.62 bits per heavy atom. The van der Waals surface area contributed by atoms with Gasteiger partial charge >= 0.3 is 0 Å². The predicted octanol–water partition coefficient (Wildman–Crippen LogP) is 12.1. The van der Waals surface area contributed by atoms with Crippen molar-refractivity contribution < 1.29 is 0 Å². The van der Waals surface area contributed by atoms with E-state index in [1.165, 1.54) is 83.5 Å². The van der Waals surface area contributed by atoms with Crippen molar-refractivity contribution in [1.82, 2.24) is 0 Å². The summed E-state index contributed by atoms with van der Waals surface area (Å²) in [4.78, 5) is 2.49. The number of rotatable bonds is 4. The van der Waals surface area contributed by atoms with E-state index in [-0.39, 0.29) is 5.41 Å². The van der Waals surface area contributed by atoms with Gasteiger partial charge in [-0.2, -0.15) is 0 Å². The number of allylic oxidation sites excluding steroid dienone is 4. The summed E-state index contributed by atoms with van der Waals surface area (Å²) in [5.74, 6) is 0. The van der Waals surface area contributed by atoms with Crippen LogP contribution in [-0.4, -0.2) is 0 Å². The molecular formula is C47H33N. The minimum atomic E-state index is -0.361. The van der Waals surface area contributed by atoms with Crippen molar-refractivity contribution in [1.29, 1.82) is 0 Å². The molecule has 0 bridgehead atoms. The van der Waals surface area contributed by atoms with E-state index in [9.17, 15) is 0 Å². The van der Waals surface area contributed by atoms with E-state index in [0.29, 0.717) is 0 Å². The molecule has 48 heavy (non-hydrogen) atoms. The maximum absolute atomic E-state index is 2.49. The van der Waals surface area contributed by atoms with Crippen molar-refractivity contribution in [3.05, 3.63) is 209 Å². The quantitative estimate of drug-likeness (QED) is 0.191. The number of benzene rings is 7. The molecule has 0 saturated heterocycles.